The van der Waals surface area contributed by atoms with Crippen LogP contribution in [-0.4, -0.2) is 47.7 Å². The van der Waals surface area contributed by atoms with E-state index in [0.29, 0.717) is 12.1 Å². The molecule has 2 atom stereocenters. The third-order valence-electron chi connectivity index (χ3n) is 4.71. The van der Waals surface area contributed by atoms with Gasteiger partial charge in [0.1, 0.15) is 12.8 Å². The summed E-state index contributed by atoms with van der Waals surface area (Å²) >= 11 is 0. The number of carboxylic acid groups (broad SMARTS) is 1. The maximum atomic E-state index is 12.8. The fourth-order valence-corrected chi connectivity index (χ4v) is 3.49. The molecule has 1 amide bonds. The van der Waals surface area contributed by atoms with Crippen molar-refractivity contribution >= 4 is 17.8 Å². The standard InChI is InChI=1S/C20H22N4O4/c1-28-19-17(13-8-6-12(7-9-13)10-23-20(21)22)14-4-2-3-5-15(14)18(27)24(19)11-16(25)26/h2-9,17,19H,10-11H2,1H3,(H,25,26)(H4,21,22,23). The summed E-state index contributed by atoms with van der Waals surface area (Å²) in [5.41, 5.74) is 13.8. The van der Waals surface area contributed by atoms with Crippen LogP contribution in [0, 0.1) is 0 Å². The second-order valence-corrected chi connectivity index (χ2v) is 6.50. The van der Waals surface area contributed by atoms with Crippen LogP contribution in [0.25, 0.3) is 0 Å². The van der Waals surface area contributed by atoms with Gasteiger partial charge >= 0.3 is 5.97 Å². The molecule has 0 saturated heterocycles. The van der Waals surface area contributed by atoms with Gasteiger partial charge in [-0.25, -0.2) is 4.99 Å². The van der Waals surface area contributed by atoms with Gasteiger partial charge in [-0.05, 0) is 22.8 Å². The van der Waals surface area contributed by atoms with Crippen LogP contribution in [-0.2, 0) is 16.1 Å². The average molecular weight is 382 g/mol. The number of methoxy groups -OCH3 is 1. The van der Waals surface area contributed by atoms with E-state index in [1.165, 1.54) is 12.0 Å². The van der Waals surface area contributed by atoms with E-state index in [4.69, 9.17) is 16.2 Å². The number of aliphatic carboxylic acids is 1. The van der Waals surface area contributed by atoms with Crippen molar-refractivity contribution in [2.24, 2.45) is 16.5 Å². The van der Waals surface area contributed by atoms with Crippen LogP contribution in [0.5, 0.6) is 0 Å². The fraction of sp³-hybridized carbons (Fsp3) is 0.250. The summed E-state index contributed by atoms with van der Waals surface area (Å²) in [7, 11) is 1.47. The lowest BCUT2D eigenvalue weighted by Crippen LogP contribution is -2.51. The van der Waals surface area contributed by atoms with E-state index >= 15 is 0 Å². The first kappa shape index (κ1) is 19.4. The highest BCUT2D eigenvalue weighted by molar-refractivity contribution is 5.99. The van der Waals surface area contributed by atoms with Crippen molar-refractivity contribution in [3.8, 4) is 0 Å². The highest BCUT2D eigenvalue weighted by atomic mass is 16.5. The first-order valence-corrected chi connectivity index (χ1v) is 8.71. The molecule has 0 aliphatic carbocycles. The van der Waals surface area contributed by atoms with Crippen molar-refractivity contribution in [1.29, 1.82) is 0 Å². The molecule has 1 heterocycles. The maximum Gasteiger partial charge on any atom is 0.323 e. The van der Waals surface area contributed by atoms with Gasteiger partial charge in [-0.1, -0.05) is 42.5 Å². The zero-order valence-corrected chi connectivity index (χ0v) is 15.4. The summed E-state index contributed by atoms with van der Waals surface area (Å²) in [6, 6.07) is 14.8. The molecule has 28 heavy (non-hydrogen) atoms. The third-order valence-corrected chi connectivity index (χ3v) is 4.71. The molecule has 8 heteroatoms. The van der Waals surface area contributed by atoms with Gasteiger partial charge < -0.3 is 26.2 Å². The second-order valence-electron chi connectivity index (χ2n) is 6.50. The number of carbonyl (C=O) groups is 2. The maximum absolute atomic E-state index is 12.8. The number of hydrogen-bond acceptors (Lipinski definition) is 4. The Kier molecular flexibility index (Phi) is 5.60. The third kappa shape index (κ3) is 3.81. The highest BCUT2D eigenvalue weighted by Crippen LogP contribution is 2.38. The second kappa shape index (κ2) is 8.10. The van der Waals surface area contributed by atoms with E-state index in [-0.39, 0.29) is 17.8 Å². The smallest absolute Gasteiger partial charge is 0.323 e. The Labute approximate surface area is 162 Å². The summed E-state index contributed by atoms with van der Waals surface area (Å²) in [6.45, 7) is -0.0774. The van der Waals surface area contributed by atoms with Crippen molar-refractivity contribution in [2.45, 2.75) is 18.7 Å². The minimum atomic E-state index is -1.10. The number of carbonyl (C=O) groups excluding carboxylic acids is 1. The Balaban J connectivity index is 2.03. The van der Waals surface area contributed by atoms with E-state index in [2.05, 4.69) is 4.99 Å². The van der Waals surface area contributed by atoms with Crippen LogP contribution in [0.2, 0.25) is 0 Å². The number of aliphatic imine (C=N–C) groups is 1. The van der Waals surface area contributed by atoms with Gasteiger partial charge in [-0.2, -0.15) is 0 Å². The molecule has 8 nitrogen and oxygen atoms in total. The van der Waals surface area contributed by atoms with Crippen molar-refractivity contribution < 1.29 is 19.4 Å². The van der Waals surface area contributed by atoms with Gasteiger partial charge in [0.2, 0.25) is 0 Å². The minimum absolute atomic E-state index is 0.0209. The Morgan fingerprint density at radius 3 is 2.46 bits per heavy atom. The molecule has 0 fully saturated rings. The number of ether oxygens (including phenoxy) is 1. The predicted molar refractivity (Wildman–Crippen MR) is 104 cm³/mol. The molecule has 0 spiro atoms. The lowest BCUT2D eigenvalue weighted by molar-refractivity contribution is -0.141. The van der Waals surface area contributed by atoms with Crippen LogP contribution in [0.1, 0.15) is 33.0 Å². The van der Waals surface area contributed by atoms with Gasteiger partial charge in [-0.15, -0.1) is 0 Å². The van der Waals surface area contributed by atoms with E-state index in [9.17, 15) is 14.7 Å². The van der Waals surface area contributed by atoms with Crippen LogP contribution in [0.3, 0.4) is 0 Å². The number of carboxylic acids is 1. The van der Waals surface area contributed by atoms with Crippen LogP contribution >= 0.6 is 0 Å². The molecule has 0 aromatic heterocycles. The quantitative estimate of drug-likeness (QED) is 0.506. The number of fused-ring (bicyclic) bond motifs is 1. The Hall–Kier alpha value is -3.39. The van der Waals surface area contributed by atoms with Crippen molar-refractivity contribution in [3.05, 3.63) is 70.8 Å². The monoisotopic (exact) mass is 382 g/mol. The Morgan fingerprint density at radius 2 is 1.86 bits per heavy atom. The molecule has 0 radical (unpaired) electrons. The molecule has 1 aliphatic heterocycles. The van der Waals surface area contributed by atoms with Gasteiger partial charge in [0.15, 0.2) is 5.96 Å². The van der Waals surface area contributed by atoms with E-state index < -0.39 is 18.7 Å². The van der Waals surface area contributed by atoms with Gasteiger partial charge in [-0.3, -0.25) is 9.59 Å². The molecule has 1 aliphatic rings. The first-order valence-electron chi connectivity index (χ1n) is 8.71. The minimum Gasteiger partial charge on any atom is -0.480 e. The number of rotatable bonds is 6. The molecule has 0 bridgehead atoms. The van der Waals surface area contributed by atoms with Crippen LogP contribution < -0.4 is 11.5 Å². The number of guanidine groups is 1. The molecule has 2 unspecified atom stereocenters. The lowest BCUT2D eigenvalue weighted by Gasteiger charge is -2.40. The molecule has 3 rings (SSSR count). The van der Waals surface area contributed by atoms with E-state index in [1.807, 2.05) is 36.4 Å². The predicted octanol–water partition coefficient (Wildman–Crippen LogP) is 1.10. The van der Waals surface area contributed by atoms with Gasteiger partial charge in [0.25, 0.3) is 5.91 Å². The van der Waals surface area contributed by atoms with Crippen LogP contribution in [0.4, 0.5) is 0 Å². The molecule has 0 saturated carbocycles. The number of benzene rings is 2. The van der Waals surface area contributed by atoms with Crippen molar-refractivity contribution in [2.75, 3.05) is 13.7 Å². The molecule has 2 aromatic rings. The van der Waals surface area contributed by atoms with Crippen molar-refractivity contribution in [3.63, 3.8) is 0 Å². The largest absolute Gasteiger partial charge is 0.480 e. The first-order chi connectivity index (χ1) is 13.4. The normalized spacial score (nSPS) is 18.5. The summed E-state index contributed by atoms with van der Waals surface area (Å²) in [6.07, 6.45) is -0.734. The number of nitrogens with two attached hydrogens (primary N) is 2. The van der Waals surface area contributed by atoms with E-state index in [0.717, 1.165) is 16.7 Å². The molecule has 5 N–H and O–H groups in total. The Morgan fingerprint density at radius 1 is 1.18 bits per heavy atom. The number of amides is 1. The number of hydrogen-bond donors (Lipinski definition) is 3. The SMILES string of the molecule is COC1C(c2ccc(CN=C(N)N)cc2)c2ccccc2C(=O)N1CC(=O)O. The summed E-state index contributed by atoms with van der Waals surface area (Å²) in [5, 5.41) is 9.26. The topological polar surface area (TPSA) is 131 Å². The molecular weight excluding hydrogens is 360 g/mol. The zero-order valence-electron chi connectivity index (χ0n) is 15.4. The summed E-state index contributed by atoms with van der Waals surface area (Å²) < 4.78 is 5.60. The zero-order chi connectivity index (χ0) is 20.3. The molecular formula is C20H22N4O4. The fourth-order valence-electron chi connectivity index (χ4n) is 3.49. The Bertz CT molecular complexity index is 907. The summed E-state index contributed by atoms with van der Waals surface area (Å²) in [4.78, 5) is 29.4. The van der Waals surface area contributed by atoms with E-state index in [1.54, 1.807) is 12.1 Å². The molecule has 2 aromatic carbocycles. The van der Waals surface area contributed by atoms with Gasteiger partial charge in [0.05, 0.1) is 12.5 Å². The van der Waals surface area contributed by atoms with Crippen LogP contribution in [0.15, 0.2) is 53.5 Å². The van der Waals surface area contributed by atoms with Gasteiger partial charge in [0, 0.05) is 12.7 Å². The average Bonchev–Trinajstić information content (AvgIpc) is 2.68. The van der Waals surface area contributed by atoms with Crippen molar-refractivity contribution in [1.82, 2.24) is 4.90 Å². The summed E-state index contributed by atoms with van der Waals surface area (Å²) in [5.74, 6) is -1.76. The highest BCUT2D eigenvalue weighted by Gasteiger charge is 2.41. The lowest BCUT2D eigenvalue weighted by atomic mass is 9.82. The molecule has 146 valence electrons. The number of nitrogens with zero attached hydrogens (tertiary/aromatic N) is 2.